The third-order valence-electron chi connectivity index (χ3n) is 3.13. The van der Waals surface area contributed by atoms with E-state index in [1.807, 2.05) is 27.7 Å². The van der Waals surface area contributed by atoms with Gasteiger partial charge in [0, 0.05) is 6.04 Å². The van der Waals surface area contributed by atoms with E-state index in [-0.39, 0.29) is 17.8 Å². The van der Waals surface area contributed by atoms with E-state index < -0.39 is 6.10 Å². The van der Waals surface area contributed by atoms with Crippen molar-refractivity contribution in [3.05, 3.63) is 30.1 Å². The standard InChI is InChI=1S/C15H22FNO2/c1-5-14(15(18)17-11(4)10(2)3)19-13-8-6-12(16)7-9-13/h6-11,14H,5H2,1-4H3,(H,17,18)/t11-,14-/m0/s1. The monoisotopic (exact) mass is 267 g/mol. The van der Waals surface area contributed by atoms with Crippen LogP contribution in [0.5, 0.6) is 5.75 Å². The summed E-state index contributed by atoms with van der Waals surface area (Å²) in [5.74, 6) is 0.416. The molecule has 1 amide bonds. The first-order chi connectivity index (χ1) is 8.93. The molecular weight excluding hydrogens is 245 g/mol. The molecule has 0 aliphatic rings. The second-order valence-electron chi connectivity index (χ2n) is 5.01. The van der Waals surface area contributed by atoms with Crippen LogP contribution in [0.1, 0.15) is 34.1 Å². The van der Waals surface area contributed by atoms with Crippen molar-refractivity contribution in [3.8, 4) is 5.75 Å². The van der Waals surface area contributed by atoms with Crippen molar-refractivity contribution in [3.63, 3.8) is 0 Å². The van der Waals surface area contributed by atoms with Gasteiger partial charge in [-0.25, -0.2) is 4.39 Å². The lowest BCUT2D eigenvalue weighted by atomic mass is 10.1. The summed E-state index contributed by atoms with van der Waals surface area (Å²) >= 11 is 0. The molecule has 0 aromatic heterocycles. The maximum atomic E-state index is 12.8. The number of rotatable bonds is 6. The smallest absolute Gasteiger partial charge is 0.261 e. The van der Waals surface area contributed by atoms with Crippen LogP contribution in [0.2, 0.25) is 0 Å². The van der Waals surface area contributed by atoms with Crippen molar-refractivity contribution >= 4 is 5.91 Å². The number of ether oxygens (including phenoxy) is 1. The van der Waals surface area contributed by atoms with Crippen LogP contribution in [0.25, 0.3) is 0 Å². The van der Waals surface area contributed by atoms with Gasteiger partial charge in [-0.15, -0.1) is 0 Å². The highest BCUT2D eigenvalue weighted by atomic mass is 19.1. The van der Waals surface area contributed by atoms with E-state index >= 15 is 0 Å². The Hall–Kier alpha value is -1.58. The Morgan fingerprint density at radius 1 is 1.26 bits per heavy atom. The Labute approximate surface area is 114 Å². The van der Waals surface area contributed by atoms with Crippen LogP contribution in [0.15, 0.2) is 24.3 Å². The SMILES string of the molecule is CC[C@H](Oc1ccc(F)cc1)C(=O)N[C@@H](C)C(C)C. The van der Waals surface area contributed by atoms with Crippen molar-refractivity contribution in [1.29, 1.82) is 0 Å². The van der Waals surface area contributed by atoms with Crippen molar-refractivity contribution in [2.24, 2.45) is 5.92 Å². The number of hydrogen-bond acceptors (Lipinski definition) is 2. The Morgan fingerprint density at radius 3 is 2.32 bits per heavy atom. The Morgan fingerprint density at radius 2 is 1.84 bits per heavy atom. The molecule has 0 saturated heterocycles. The average Bonchev–Trinajstić information content (AvgIpc) is 2.37. The molecule has 1 aromatic carbocycles. The van der Waals surface area contributed by atoms with E-state index in [0.29, 0.717) is 18.1 Å². The minimum absolute atomic E-state index is 0.0957. The van der Waals surface area contributed by atoms with E-state index in [9.17, 15) is 9.18 Å². The van der Waals surface area contributed by atoms with Gasteiger partial charge in [0.15, 0.2) is 6.10 Å². The number of amides is 1. The third-order valence-corrected chi connectivity index (χ3v) is 3.13. The summed E-state index contributed by atoms with van der Waals surface area (Å²) in [5, 5.41) is 2.92. The van der Waals surface area contributed by atoms with Crippen molar-refractivity contribution < 1.29 is 13.9 Å². The van der Waals surface area contributed by atoms with Gasteiger partial charge in [-0.05, 0) is 43.5 Å². The molecule has 0 radical (unpaired) electrons. The fraction of sp³-hybridized carbons (Fsp3) is 0.533. The van der Waals surface area contributed by atoms with Crippen LogP contribution in [-0.4, -0.2) is 18.1 Å². The minimum atomic E-state index is -0.549. The lowest BCUT2D eigenvalue weighted by Gasteiger charge is -2.22. The molecule has 1 aromatic rings. The van der Waals surface area contributed by atoms with Gasteiger partial charge < -0.3 is 10.1 Å². The molecule has 19 heavy (non-hydrogen) atoms. The molecular formula is C15H22FNO2. The maximum Gasteiger partial charge on any atom is 0.261 e. The summed E-state index contributed by atoms with van der Waals surface area (Å²) in [7, 11) is 0. The Kier molecular flexibility index (Phi) is 5.80. The Balaban J connectivity index is 2.62. The molecule has 0 aliphatic heterocycles. The summed E-state index contributed by atoms with van der Waals surface area (Å²) in [6.07, 6.45) is 0.0141. The first-order valence-electron chi connectivity index (χ1n) is 6.66. The van der Waals surface area contributed by atoms with E-state index in [1.165, 1.54) is 24.3 Å². The zero-order chi connectivity index (χ0) is 14.4. The predicted molar refractivity (Wildman–Crippen MR) is 73.5 cm³/mol. The number of benzene rings is 1. The van der Waals surface area contributed by atoms with Gasteiger partial charge in [0.1, 0.15) is 11.6 Å². The largest absolute Gasteiger partial charge is 0.481 e. The topological polar surface area (TPSA) is 38.3 Å². The summed E-state index contributed by atoms with van der Waals surface area (Å²) in [6, 6.07) is 5.78. The number of hydrogen-bond donors (Lipinski definition) is 1. The fourth-order valence-electron chi connectivity index (χ4n) is 1.48. The van der Waals surface area contributed by atoms with Gasteiger partial charge in [-0.2, -0.15) is 0 Å². The molecule has 0 saturated carbocycles. The second-order valence-corrected chi connectivity index (χ2v) is 5.01. The molecule has 1 N–H and O–H groups in total. The van der Waals surface area contributed by atoms with E-state index in [0.717, 1.165) is 0 Å². The molecule has 4 heteroatoms. The predicted octanol–water partition coefficient (Wildman–Crippen LogP) is 3.14. The van der Waals surface area contributed by atoms with Crippen LogP contribution in [-0.2, 0) is 4.79 Å². The minimum Gasteiger partial charge on any atom is -0.481 e. The summed E-state index contributed by atoms with van der Waals surface area (Å²) in [6.45, 7) is 7.94. The first kappa shape index (κ1) is 15.5. The fourth-order valence-corrected chi connectivity index (χ4v) is 1.48. The lowest BCUT2D eigenvalue weighted by molar-refractivity contribution is -0.129. The van der Waals surface area contributed by atoms with Crippen LogP contribution in [0, 0.1) is 11.7 Å². The number of carbonyl (C=O) groups excluding carboxylic acids is 1. The highest BCUT2D eigenvalue weighted by molar-refractivity contribution is 5.81. The highest BCUT2D eigenvalue weighted by Gasteiger charge is 2.21. The van der Waals surface area contributed by atoms with Gasteiger partial charge in [0.2, 0.25) is 0 Å². The first-order valence-corrected chi connectivity index (χ1v) is 6.66. The molecule has 0 unspecified atom stereocenters. The molecule has 0 fully saturated rings. The maximum absolute atomic E-state index is 12.8. The molecule has 1 rings (SSSR count). The van der Waals surface area contributed by atoms with Crippen molar-refractivity contribution in [1.82, 2.24) is 5.32 Å². The normalized spacial score (nSPS) is 14.0. The van der Waals surface area contributed by atoms with Gasteiger partial charge in [0.05, 0.1) is 0 Å². The molecule has 2 atom stereocenters. The average molecular weight is 267 g/mol. The highest BCUT2D eigenvalue weighted by Crippen LogP contribution is 2.14. The van der Waals surface area contributed by atoms with E-state index in [2.05, 4.69) is 5.32 Å². The van der Waals surface area contributed by atoms with Gasteiger partial charge >= 0.3 is 0 Å². The summed E-state index contributed by atoms with van der Waals surface area (Å²) in [4.78, 5) is 12.1. The Bertz CT molecular complexity index is 403. The van der Waals surface area contributed by atoms with Crippen molar-refractivity contribution in [2.45, 2.75) is 46.3 Å². The van der Waals surface area contributed by atoms with E-state index in [1.54, 1.807) is 0 Å². The number of halogens is 1. The molecule has 0 heterocycles. The zero-order valence-corrected chi connectivity index (χ0v) is 11.9. The number of carbonyl (C=O) groups is 1. The summed E-state index contributed by atoms with van der Waals surface area (Å²) in [5.41, 5.74) is 0. The number of nitrogens with one attached hydrogen (secondary N) is 1. The van der Waals surface area contributed by atoms with Gasteiger partial charge in [-0.3, -0.25) is 4.79 Å². The van der Waals surface area contributed by atoms with Crippen LogP contribution in [0.3, 0.4) is 0 Å². The van der Waals surface area contributed by atoms with E-state index in [4.69, 9.17) is 4.74 Å². The molecule has 0 aliphatic carbocycles. The van der Waals surface area contributed by atoms with Crippen molar-refractivity contribution in [2.75, 3.05) is 0 Å². The molecule has 0 bridgehead atoms. The van der Waals surface area contributed by atoms with Gasteiger partial charge in [-0.1, -0.05) is 20.8 Å². The van der Waals surface area contributed by atoms with Crippen LogP contribution < -0.4 is 10.1 Å². The molecule has 3 nitrogen and oxygen atoms in total. The lowest BCUT2D eigenvalue weighted by Crippen LogP contribution is -2.44. The molecule has 106 valence electrons. The second kappa shape index (κ2) is 7.12. The quantitative estimate of drug-likeness (QED) is 0.860. The zero-order valence-electron chi connectivity index (χ0n) is 11.9. The van der Waals surface area contributed by atoms with Crippen LogP contribution >= 0.6 is 0 Å². The summed E-state index contributed by atoms with van der Waals surface area (Å²) < 4.78 is 18.4. The third kappa shape index (κ3) is 4.89. The van der Waals surface area contributed by atoms with Crippen LogP contribution in [0.4, 0.5) is 4.39 Å². The van der Waals surface area contributed by atoms with Gasteiger partial charge in [0.25, 0.3) is 5.91 Å². The molecule has 0 spiro atoms.